The summed E-state index contributed by atoms with van der Waals surface area (Å²) >= 11 is 0. The molecule has 37 heavy (non-hydrogen) atoms. The summed E-state index contributed by atoms with van der Waals surface area (Å²) in [4.78, 5) is 24.3. The maximum Gasteiger partial charge on any atom is 0.220 e. The number of primary amides is 1. The van der Waals surface area contributed by atoms with Crippen LogP contribution in [0, 0.1) is 17.2 Å². The number of aromatic nitrogens is 2. The van der Waals surface area contributed by atoms with E-state index in [0.717, 1.165) is 86.6 Å². The number of anilines is 1. The van der Waals surface area contributed by atoms with Crippen molar-refractivity contribution in [3.05, 3.63) is 41.0 Å². The summed E-state index contributed by atoms with van der Waals surface area (Å²) in [7, 11) is 0. The molecule has 2 saturated heterocycles. The Morgan fingerprint density at radius 1 is 1.00 bits per heavy atom. The third-order valence-corrected chi connectivity index (χ3v) is 8.48. The van der Waals surface area contributed by atoms with Crippen molar-refractivity contribution in [2.45, 2.75) is 52.5 Å². The van der Waals surface area contributed by atoms with E-state index in [1.54, 1.807) is 0 Å². The van der Waals surface area contributed by atoms with Gasteiger partial charge in [0.15, 0.2) is 5.65 Å². The van der Waals surface area contributed by atoms with Crippen molar-refractivity contribution in [1.82, 2.24) is 19.2 Å². The number of carbonyl (C=O) groups is 1. The van der Waals surface area contributed by atoms with Gasteiger partial charge in [0.1, 0.15) is 11.9 Å². The third-order valence-electron chi connectivity index (χ3n) is 8.48. The number of fused-ring (bicyclic) bond motifs is 4. The van der Waals surface area contributed by atoms with Crippen LogP contribution in [0.2, 0.25) is 0 Å². The molecule has 0 spiro atoms. The number of nitrogens with two attached hydrogens (primary N) is 1. The highest BCUT2D eigenvalue weighted by molar-refractivity contribution is 5.86. The Bertz CT molecular complexity index is 1330. The van der Waals surface area contributed by atoms with Crippen LogP contribution in [0.1, 0.15) is 56.2 Å². The van der Waals surface area contributed by atoms with E-state index in [1.807, 2.05) is 18.2 Å². The van der Waals surface area contributed by atoms with Gasteiger partial charge in [0.05, 0.1) is 16.6 Å². The highest BCUT2D eigenvalue weighted by atomic mass is 16.1. The molecule has 5 heterocycles. The summed E-state index contributed by atoms with van der Waals surface area (Å²) in [6, 6.07) is 10.7. The standard InChI is InChI=1S/C28H35N7O.CH4/c29-18-22-21-10-13-33(17-16-32-11-4-1-5-12-32)19-23(21)28(34-14-8-20(9-15-34)26(30)36)35-25-7-3-2-6-24(25)31-27(22)35;/h2-3,6-7,20H,1,4-5,8-17,19H2,(H2,30,36);1H4. The molecule has 3 aliphatic rings. The summed E-state index contributed by atoms with van der Waals surface area (Å²) in [5.74, 6) is 0.892. The van der Waals surface area contributed by atoms with Gasteiger partial charge in [-0.3, -0.25) is 14.1 Å². The van der Waals surface area contributed by atoms with Crippen LogP contribution in [-0.2, 0) is 17.8 Å². The fourth-order valence-electron chi connectivity index (χ4n) is 6.46. The first-order valence-electron chi connectivity index (χ1n) is 13.5. The normalized spacial score (nSPS) is 19.5. The van der Waals surface area contributed by atoms with Gasteiger partial charge in [0, 0.05) is 50.7 Å². The number of hydrogen-bond acceptors (Lipinski definition) is 6. The van der Waals surface area contributed by atoms with Crippen LogP contribution >= 0.6 is 0 Å². The van der Waals surface area contributed by atoms with E-state index in [1.165, 1.54) is 37.9 Å². The highest BCUT2D eigenvalue weighted by Crippen LogP contribution is 2.38. The Labute approximate surface area is 219 Å². The molecule has 0 unspecified atom stereocenters. The molecule has 0 saturated carbocycles. The fourth-order valence-corrected chi connectivity index (χ4v) is 6.46. The van der Waals surface area contributed by atoms with Crippen LogP contribution < -0.4 is 10.6 Å². The molecule has 3 aliphatic heterocycles. The molecule has 0 radical (unpaired) electrons. The zero-order valence-corrected chi connectivity index (χ0v) is 21.0. The predicted octanol–water partition coefficient (Wildman–Crippen LogP) is 3.54. The van der Waals surface area contributed by atoms with Gasteiger partial charge in [-0.2, -0.15) is 5.26 Å². The first-order chi connectivity index (χ1) is 17.6. The molecule has 8 nitrogen and oxygen atoms in total. The lowest BCUT2D eigenvalue weighted by atomic mass is 9.93. The van der Waals surface area contributed by atoms with Crippen LogP contribution in [0.5, 0.6) is 0 Å². The first-order valence-corrected chi connectivity index (χ1v) is 13.5. The van der Waals surface area contributed by atoms with Crippen LogP contribution in [0.15, 0.2) is 24.3 Å². The minimum absolute atomic E-state index is 0. The molecule has 8 heteroatoms. The highest BCUT2D eigenvalue weighted by Gasteiger charge is 2.32. The van der Waals surface area contributed by atoms with Crippen molar-refractivity contribution < 1.29 is 4.79 Å². The Morgan fingerprint density at radius 2 is 1.73 bits per heavy atom. The first kappa shape index (κ1) is 25.5. The molecule has 3 aromatic rings. The second-order valence-corrected chi connectivity index (χ2v) is 10.6. The van der Waals surface area contributed by atoms with E-state index >= 15 is 0 Å². The molecule has 1 aromatic carbocycles. The van der Waals surface area contributed by atoms with E-state index in [-0.39, 0.29) is 19.3 Å². The molecule has 0 bridgehead atoms. The smallest absolute Gasteiger partial charge is 0.220 e. The summed E-state index contributed by atoms with van der Waals surface area (Å²) < 4.78 is 2.21. The fraction of sp³-hybridized carbons (Fsp3) is 0.552. The Kier molecular flexibility index (Phi) is 7.36. The molecule has 2 aromatic heterocycles. The van der Waals surface area contributed by atoms with Crippen molar-refractivity contribution in [3.8, 4) is 6.07 Å². The SMILES string of the molecule is C.N#Cc1c2c(c(N3CCC(C(N)=O)CC3)n3c1nc1ccccc13)CN(CCN1CCCCC1)CC2. The van der Waals surface area contributed by atoms with Crippen molar-refractivity contribution in [2.75, 3.05) is 50.7 Å². The van der Waals surface area contributed by atoms with Crippen LogP contribution in [0.25, 0.3) is 16.7 Å². The van der Waals surface area contributed by atoms with Crippen molar-refractivity contribution in [2.24, 2.45) is 11.7 Å². The van der Waals surface area contributed by atoms with Crippen molar-refractivity contribution in [1.29, 1.82) is 5.26 Å². The number of benzene rings is 1. The second kappa shape index (κ2) is 10.7. The lowest BCUT2D eigenvalue weighted by Gasteiger charge is -2.38. The largest absolute Gasteiger partial charge is 0.369 e. The molecule has 0 atom stereocenters. The number of nitrogens with zero attached hydrogens (tertiary/aromatic N) is 6. The van der Waals surface area contributed by atoms with Crippen molar-refractivity contribution in [3.63, 3.8) is 0 Å². The molecular formula is C29H39N7O. The Morgan fingerprint density at radius 3 is 2.46 bits per heavy atom. The minimum atomic E-state index is -0.196. The maximum atomic E-state index is 11.8. The lowest BCUT2D eigenvalue weighted by molar-refractivity contribution is -0.122. The maximum absolute atomic E-state index is 11.8. The summed E-state index contributed by atoms with van der Waals surface area (Å²) in [6.45, 7) is 7.95. The molecule has 0 aliphatic carbocycles. The van der Waals surface area contributed by atoms with E-state index in [4.69, 9.17) is 10.7 Å². The topological polar surface area (TPSA) is 93.9 Å². The van der Waals surface area contributed by atoms with E-state index < -0.39 is 0 Å². The van der Waals surface area contributed by atoms with Crippen molar-refractivity contribution >= 4 is 28.4 Å². The molecule has 2 fully saturated rings. The summed E-state index contributed by atoms with van der Waals surface area (Å²) in [5, 5.41) is 10.3. The number of carbonyl (C=O) groups excluding carboxylic acids is 1. The zero-order chi connectivity index (χ0) is 24.6. The van der Waals surface area contributed by atoms with Crippen LogP contribution in [-0.4, -0.2) is 70.9 Å². The zero-order valence-electron chi connectivity index (χ0n) is 21.0. The average molecular weight is 502 g/mol. The molecule has 196 valence electrons. The Balaban J connectivity index is 0.00000280. The summed E-state index contributed by atoms with van der Waals surface area (Å²) in [6.07, 6.45) is 6.36. The number of nitriles is 1. The van der Waals surface area contributed by atoms with E-state index in [0.29, 0.717) is 5.56 Å². The average Bonchev–Trinajstić information content (AvgIpc) is 3.30. The number of likely N-dealkylation sites (tertiary alicyclic amines) is 1. The van der Waals surface area contributed by atoms with Gasteiger partial charge in [-0.05, 0) is 62.9 Å². The number of rotatable bonds is 5. The number of amides is 1. The molecule has 6 rings (SSSR count). The number of pyridine rings is 1. The lowest BCUT2D eigenvalue weighted by Crippen LogP contribution is -2.42. The molecular weight excluding hydrogens is 462 g/mol. The van der Waals surface area contributed by atoms with Gasteiger partial charge < -0.3 is 15.5 Å². The number of piperidine rings is 2. The Hall–Kier alpha value is -3.15. The third kappa shape index (κ3) is 4.67. The van der Waals surface area contributed by atoms with E-state index in [9.17, 15) is 10.1 Å². The minimum Gasteiger partial charge on any atom is -0.369 e. The van der Waals surface area contributed by atoms with E-state index in [2.05, 4.69) is 31.2 Å². The van der Waals surface area contributed by atoms with Gasteiger partial charge in [-0.15, -0.1) is 0 Å². The van der Waals surface area contributed by atoms with Gasteiger partial charge >= 0.3 is 0 Å². The van der Waals surface area contributed by atoms with Gasteiger partial charge in [0.2, 0.25) is 5.91 Å². The summed E-state index contributed by atoms with van der Waals surface area (Å²) in [5.41, 5.74) is 11.5. The molecule has 1 amide bonds. The van der Waals surface area contributed by atoms with Gasteiger partial charge in [-0.1, -0.05) is 26.0 Å². The van der Waals surface area contributed by atoms with Crippen LogP contribution in [0.4, 0.5) is 5.82 Å². The number of imidazole rings is 1. The predicted molar refractivity (Wildman–Crippen MR) is 148 cm³/mol. The monoisotopic (exact) mass is 501 g/mol. The number of hydrogen-bond donors (Lipinski definition) is 1. The van der Waals surface area contributed by atoms with Gasteiger partial charge in [-0.25, -0.2) is 4.98 Å². The van der Waals surface area contributed by atoms with Crippen LogP contribution in [0.3, 0.4) is 0 Å². The molecule has 2 N–H and O–H groups in total. The number of para-hydroxylation sites is 2. The van der Waals surface area contributed by atoms with Gasteiger partial charge in [0.25, 0.3) is 0 Å². The quantitative estimate of drug-likeness (QED) is 0.575. The second-order valence-electron chi connectivity index (χ2n) is 10.6.